The third-order valence-corrected chi connectivity index (χ3v) is 4.14. The molecule has 25 heavy (non-hydrogen) atoms. The summed E-state index contributed by atoms with van der Waals surface area (Å²) in [7, 11) is -0.972. The number of carbonyl (C=O) groups is 1. The van der Waals surface area contributed by atoms with Gasteiger partial charge in [-0.15, -0.1) is 5.10 Å². The Morgan fingerprint density at radius 3 is 2.72 bits per heavy atom. The van der Waals surface area contributed by atoms with Gasteiger partial charge in [0, 0.05) is 22.8 Å². The Labute approximate surface area is 147 Å². The lowest BCUT2D eigenvalue weighted by atomic mass is 10.1. The first-order chi connectivity index (χ1) is 12.1. The molecular formula is C17H16N4O3S. The number of hydrogen-bond acceptors (Lipinski definition) is 6. The van der Waals surface area contributed by atoms with Gasteiger partial charge in [-0.3, -0.25) is 4.21 Å². The van der Waals surface area contributed by atoms with Crippen LogP contribution in [0.5, 0.6) is 0 Å². The number of nitrogens with zero attached hydrogens (tertiary/aromatic N) is 4. The number of para-hydroxylation sites is 1. The number of hydrogen-bond donors (Lipinski definition) is 0. The van der Waals surface area contributed by atoms with Crippen LogP contribution in [0.3, 0.4) is 0 Å². The van der Waals surface area contributed by atoms with Crippen LogP contribution in [-0.4, -0.2) is 36.6 Å². The molecule has 128 valence electrons. The molecule has 1 atom stereocenters. The fraction of sp³-hybridized carbons (Fsp3) is 0.176. The van der Waals surface area contributed by atoms with Gasteiger partial charge in [-0.25, -0.2) is 4.79 Å². The Hall–Kier alpha value is -2.87. The molecule has 0 aliphatic heterocycles. The number of tetrazole rings is 1. The van der Waals surface area contributed by atoms with Gasteiger partial charge in [0.15, 0.2) is 12.4 Å². The summed E-state index contributed by atoms with van der Waals surface area (Å²) in [6.07, 6.45) is 1.62. The second-order valence-electron chi connectivity index (χ2n) is 5.34. The molecular weight excluding hydrogens is 340 g/mol. The number of carbonyl (C=O) groups excluding carboxylic acids is 1. The Bertz CT molecular complexity index is 896. The zero-order chi connectivity index (χ0) is 17.6. The molecule has 3 aromatic rings. The molecule has 1 aromatic heterocycles. The van der Waals surface area contributed by atoms with E-state index in [1.165, 1.54) is 4.68 Å². The van der Waals surface area contributed by atoms with E-state index in [0.29, 0.717) is 17.1 Å². The largest absolute Gasteiger partial charge is 0.454 e. The molecule has 0 spiro atoms. The predicted molar refractivity (Wildman–Crippen MR) is 92.5 cm³/mol. The first kappa shape index (κ1) is 17.0. The van der Waals surface area contributed by atoms with Crippen molar-refractivity contribution in [3.05, 3.63) is 71.5 Å². The Kier molecular flexibility index (Phi) is 5.30. The summed E-state index contributed by atoms with van der Waals surface area (Å²) < 4.78 is 18.2. The lowest BCUT2D eigenvalue weighted by Gasteiger charge is -2.07. The molecule has 0 saturated heterocycles. The topological polar surface area (TPSA) is 87.0 Å². The predicted octanol–water partition coefficient (Wildman–Crippen LogP) is 1.90. The van der Waals surface area contributed by atoms with Crippen molar-refractivity contribution in [3.8, 4) is 5.69 Å². The molecule has 0 fully saturated rings. The molecule has 2 aromatic carbocycles. The lowest BCUT2D eigenvalue weighted by molar-refractivity contribution is 0.0459. The van der Waals surface area contributed by atoms with Crippen LogP contribution >= 0.6 is 0 Å². The number of rotatable bonds is 6. The van der Waals surface area contributed by atoms with Crippen molar-refractivity contribution >= 4 is 16.8 Å². The Morgan fingerprint density at radius 2 is 1.96 bits per heavy atom. The molecule has 7 nitrogen and oxygen atoms in total. The summed E-state index contributed by atoms with van der Waals surface area (Å²) in [5.74, 6) is 0.338. The van der Waals surface area contributed by atoms with Crippen molar-refractivity contribution in [1.82, 2.24) is 20.2 Å². The number of aromatic nitrogens is 4. The molecule has 0 aliphatic carbocycles. The van der Waals surface area contributed by atoms with E-state index in [-0.39, 0.29) is 6.61 Å². The second-order valence-corrected chi connectivity index (χ2v) is 6.77. The van der Waals surface area contributed by atoms with Crippen LogP contribution in [-0.2, 0) is 27.9 Å². The fourth-order valence-corrected chi connectivity index (χ4v) is 2.95. The SMILES string of the molecule is CS(=O)Cc1cccc(C(=O)OCc2nnnn2-c2ccccc2)c1. The van der Waals surface area contributed by atoms with Crippen molar-refractivity contribution < 1.29 is 13.7 Å². The van der Waals surface area contributed by atoms with E-state index in [1.807, 2.05) is 36.4 Å². The van der Waals surface area contributed by atoms with Crippen molar-refractivity contribution in [1.29, 1.82) is 0 Å². The summed E-state index contributed by atoms with van der Waals surface area (Å²) in [5.41, 5.74) is 2.01. The average Bonchev–Trinajstić information content (AvgIpc) is 3.08. The Balaban J connectivity index is 1.70. The standard InChI is InChI=1S/C17H16N4O3S/c1-25(23)12-13-6-5-7-14(10-13)17(22)24-11-16-18-19-20-21(16)15-8-3-2-4-9-15/h2-10H,11-12H2,1H3. The van der Waals surface area contributed by atoms with Gasteiger partial charge in [-0.2, -0.15) is 4.68 Å². The van der Waals surface area contributed by atoms with Crippen LogP contribution in [0.15, 0.2) is 54.6 Å². The molecule has 3 rings (SSSR count). The molecule has 0 radical (unpaired) electrons. The summed E-state index contributed by atoms with van der Waals surface area (Å²) in [4.78, 5) is 12.2. The number of esters is 1. The molecule has 1 unspecified atom stereocenters. The highest BCUT2D eigenvalue weighted by Gasteiger charge is 2.13. The van der Waals surface area contributed by atoms with E-state index in [2.05, 4.69) is 15.5 Å². The molecule has 0 amide bonds. The van der Waals surface area contributed by atoms with E-state index in [9.17, 15) is 9.00 Å². The van der Waals surface area contributed by atoms with E-state index < -0.39 is 16.8 Å². The van der Waals surface area contributed by atoms with Gasteiger partial charge in [-0.05, 0) is 40.3 Å². The maximum absolute atomic E-state index is 12.2. The van der Waals surface area contributed by atoms with Crippen LogP contribution in [0.25, 0.3) is 5.69 Å². The normalized spacial score (nSPS) is 11.9. The average molecular weight is 356 g/mol. The van der Waals surface area contributed by atoms with Crippen molar-refractivity contribution in [3.63, 3.8) is 0 Å². The maximum atomic E-state index is 12.2. The molecule has 0 aliphatic rings. The zero-order valence-electron chi connectivity index (χ0n) is 13.5. The van der Waals surface area contributed by atoms with E-state index >= 15 is 0 Å². The van der Waals surface area contributed by atoms with Crippen LogP contribution < -0.4 is 0 Å². The molecule has 0 N–H and O–H groups in total. The fourth-order valence-electron chi connectivity index (χ4n) is 2.30. The van der Waals surface area contributed by atoms with Crippen molar-refractivity contribution in [2.24, 2.45) is 0 Å². The van der Waals surface area contributed by atoms with Crippen LogP contribution in [0, 0.1) is 0 Å². The third kappa shape index (κ3) is 4.36. The quantitative estimate of drug-likeness (QED) is 0.627. The van der Waals surface area contributed by atoms with Crippen LogP contribution in [0.4, 0.5) is 0 Å². The maximum Gasteiger partial charge on any atom is 0.338 e. The van der Waals surface area contributed by atoms with Gasteiger partial charge in [0.25, 0.3) is 0 Å². The summed E-state index contributed by atoms with van der Waals surface area (Å²) in [5, 5.41) is 11.4. The summed E-state index contributed by atoms with van der Waals surface area (Å²) in [6.45, 7) is -0.0509. The van der Waals surface area contributed by atoms with Crippen molar-refractivity contribution in [2.45, 2.75) is 12.4 Å². The monoisotopic (exact) mass is 356 g/mol. The number of benzene rings is 2. The minimum absolute atomic E-state index is 0.0509. The highest BCUT2D eigenvalue weighted by molar-refractivity contribution is 7.83. The van der Waals surface area contributed by atoms with Crippen molar-refractivity contribution in [2.75, 3.05) is 6.26 Å². The van der Waals surface area contributed by atoms with E-state index in [4.69, 9.17) is 4.74 Å². The second kappa shape index (κ2) is 7.80. The third-order valence-electron chi connectivity index (χ3n) is 3.40. The molecule has 8 heteroatoms. The van der Waals surface area contributed by atoms with Gasteiger partial charge in [0.05, 0.1) is 11.3 Å². The van der Waals surface area contributed by atoms with Gasteiger partial charge < -0.3 is 4.74 Å². The summed E-state index contributed by atoms with van der Waals surface area (Å²) >= 11 is 0. The Morgan fingerprint density at radius 1 is 1.16 bits per heavy atom. The minimum Gasteiger partial charge on any atom is -0.454 e. The van der Waals surface area contributed by atoms with Crippen LogP contribution in [0.2, 0.25) is 0 Å². The zero-order valence-corrected chi connectivity index (χ0v) is 14.3. The highest BCUT2D eigenvalue weighted by atomic mass is 32.2. The van der Waals surface area contributed by atoms with Gasteiger partial charge >= 0.3 is 5.97 Å². The minimum atomic E-state index is -0.972. The highest BCUT2D eigenvalue weighted by Crippen LogP contribution is 2.11. The summed E-state index contributed by atoms with van der Waals surface area (Å²) in [6, 6.07) is 16.3. The van der Waals surface area contributed by atoms with Gasteiger partial charge in [0.2, 0.25) is 0 Å². The molecule has 1 heterocycles. The van der Waals surface area contributed by atoms with E-state index in [1.54, 1.807) is 24.5 Å². The molecule has 0 saturated carbocycles. The smallest absolute Gasteiger partial charge is 0.338 e. The molecule has 0 bridgehead atoms. The van der Waals surface area contributed by atoms with E-state index in [0.717, 1.165) is 11.3 Å². The van der Waals surface area contributed by atoms with Gasteiger partial charge in [0.1, 0.15) is 0 Å². The van der Waals surface area contributed by atoms with Gasteiger partial charge in [-0.1, -0.05) is 30.3 Å². The number of ether oxygens (including phenoxy) is 1. The van der Waals surface area contributed by atoms with Crippen LogP contribution in [0.1, 0.15) is 21.7 Å². The first-order valence-corrected chi connectivity index (χ1v) is 9.25. The lowest BCUT2D eigenvalue weighted by Crippen LogP contribution is -2.10. The first-order valence-electron chi connectivity index (χ1n) is 7.52.